The van der Waals surface area contributed by atoms with Gasteiger partial charge in [0.2, 0.25) is 5.91 Å². The predicted octanol–water partition coefficient (Wildman–Crippen LogP) is 3.80. The topological polar surface area (TPSA) is 85.2 Å². The summed E-state index contributed by atoms with van der Waals surface area (Å²) in [6, 6.07) is 20.1. The van der Waals surface area contributed by atoms with Crippen LogP contribution in [0.4, 0.5) is 4.39 Å². The zero-order chi connectivity index (χ0) is 23.2. The maximum atomic E-state index is 13.3. The summed E-state index contributed by atoms with van der Waals surface area (Å²) in [5, 5.41) is 0.603. The van der Waals surface area contributed by atoms with Crippen molar-refractivity contribution >= 4 is 34.4 Å². The minimum atomic E-state index is -0.462. The van der Waals surface area contributed by atoms with E-state index in [1.807, 2.05) is 24.3 Å². The number of carbonyl (C=O) groups excluding carboxylic acids is 2. The lowest BCUT2D eigenvalue weighted by Crippen LogP contribution is -2.44. The summed E-state index contributed by atoms with van der Waals surface area (Å²) < 4.78 is 20.8. The summed E-state index contributed by atoms with van der Waals surface area (Å²) in [5.41, 5.74) is 6.73. The third kappa shape index (κ3) is 5.87. The first-order valence-electron chi connectivity index (χ1n) is 10.1. The number of nitrogens with one attached hydrogen (secondary N) is 2. The number of aromatic nitrogens is 2. The van der Waals surface area contributed by atoms with Crippen molar-refractivity contribution in [3.8, 4) is 5.75 Å². The van der Waals surface area contributed by atoms with Crippen molar-refractivity contribution in [3.63, 3.8) is 0 Å². The number of benzene rings is 3. The van der Waals surface area contributed by atoms with Gasteiger partial charge in [-0.3, -0.25) is 20.4 Å². The molecule has 0 saturated heterocycles. The summed E-state index contributed by atoms with van der Waals surface area (Å²) in [6.07, 6.45) is -0.0633. The van der Waals surface area contributed by atoms with Gasteiger partial charge in [0.15, 0.2) is 0 Å². The van der Waals surface area contributed by atoms with Gasteiger partial charge < -0.3 is 9.30 Å². The molecule has 0 spiro atoms. The van der Waals surface area contributed by atoms with Gasteiger partial charge in [-0.05, 0) is 54.1 Å². The molecule has 168 valence electrons. The van der Waals surface area contributed by atoms with Crippen LogP contribution in [0.3, 0.4) is 0 Å². The van der Waals surface area contributed by atoms with Crippen molar-refractivity contribution in [2.24, 2.45) is 0 Å². The van der Waals surface area contributed by atoms with Crippen molar-refractivity contribution in [2.75, 3.05) is 0 Å². The van der Waals surface area contributed by atoms with Gasteiger partial charge in [-0.15, -0.1) is 0 Å². The monoisotopic (exact) mass is 466 g/mol. The number of imidazole rings is 1. The average Bonchev–Trinajstić information content (AvgIpc) is 3.15. The van der Waals surface area contributed by atoms with E-state index in [0.29, 0.717) is 22.2 Å². The number of amides is 2. The molecule has 1 aromatic heterocycles. The molecule has 0 saturated carbocycles. The van der Waals surface area contributed by atoms with Crippen molar-refractivity contribution in [3.05, 3.63) is 95.0 Å². The van der Waals surface area contributed by atoms with Gasteiger partial charge in [-0.25, -0.2) is 9.37 Å². The first-order valence-corrected chi connectivity index (χ1v) is 10.5. The molecule has 4 aromatic rings. The molecule has 0 bridgehead atoms. The average molecular weight is 467 g/mol. The van der Waals surface area contributed by atoms with Crippen LogP contribution in [0, 0.1) is 5.82 Å². The van der Waals surface area contributed by atoms with Crippen LogP contribution in [0.25, 0.3) is 11.0 Å². The van der Waals surface area contributed by atoms with Crippen molar-refractivity contribution in [2.45, 2.75) is 19.6 Å². The highest BCUT2D eigenvalue weighted by molar-refractivity contribution is 6.30. The third-order valence-electron chi connectivity index (χ3n) is 4.81. The number of para-hydroxylation sites is 2. The summed E-state index contributed by atoms with van der Waals surface area (Å²) in [4.78, 5) is 29.2. The van der Waals surface area contributed by atoms with Crippen LogP contribution in [-0.4, -0.2) is 21.4 Å². The molecule has 33 heavy (non-hydrogen) atoms. The molecule has 0 atom stereocenters. The number of halogens is 2. The largest absolute Gasteiger partial charge is 0.486 e. The highest BCUT2D eigenvalue weighted by Crippen LogP contribution is 2.20. The highest BCUT2D eigenvalue weighted by Gasteiger charge is 2.15. The molecule has 2 amide bonds. The van der Waals surface area contributed by atoms with E-state index in [1.54, 1.807) is 34.9 Å². The molecule has 7 nitrogen and oxygen atoms in total. The van der Waals surface area contributed by atoms with Gasteiger partial charge in [0.1, 0.15) is 30.5 Å². The maximum absolute atomic E-state index is 13.3. The number of hydrogen-bond acceptors (Lipinski definition) is 4. The van der Waals surface area contributed by atoms with E-state index < -0.39 is 17.6 Å². The smallest absolute Gasteiger partial charge is 0.258 e. The van der Waals surface area contributed by atoms with E-state index in [9.17, 15) is 14.0 Å². The van der Waals surface area contributed by atoms with Gasteiger partial charge in [-0.1, -0.05) is 35.9 Å². The molecule has 0 radical (unpaired) electrons. The Bertz CT molecular complexity index is 1290. The Labute approximate surface area is 194 Å². The van der Waals surface area contributed by atoms with Crippen LogP contribution in [0.2, 0.25) is 5.02 Å². The molecule has 0 aliphatic carbocycles. The van der Waals surface area contributed by atoms with Crippen LogP contribution < -0.4 is 15.6 Å². The van der Waals surface area contributed by atoms with Crippen molar-refractivity contribution < 1.29 is 18.7 Å². The normalized spacial score (nSPS) is 10.7. The lowest BCUT2D eigenvalue weighted by Gasteiger charge is -2.12. The number of nitrogens with zero attached hydrogens (tertiary/aromatic N) is 2. The summed E-state index contributed by atoms with van der Waals surface area (Å²) >= 11 is 5.91. The zero-order valence-corrected chi connectivity index (χ0v) is 18.2. The fraction of sp³-hybridized carbons (Fsp3) is 0.125. The molecular weight excluding hydrogens is 447 g/mol. The third-order valence-corrected chi connectivity index (χ3v) is 5.06. The Morgan fingerprint density at radius 1 is 0.970 bits per heavy atom. The first-order chi connectivity index (χ1) is 16.0. The van der Waals surface area contributed by atoms with Gasteiger partial charge in [0.25, 0.3) is 5.91 Å². The molecule has 4 rings (SSSR count). The standard InChI is InChI=1S/C24H20ClFN4O3/c25-17-8-10-19(11-9-17)33-15-22-27-20-6-1-2-7-21(20)30(22)14-24(32)29-28-23(31)13-16-4-3-5-18(26)12-16/h1-12H,13-15H2,(H,28,31)(H,29,32). The maximum Gasteiger partial charge on any atom is 0.258 e. The minimum absolute atomic E-state index is 0.0633. The Balaban J connectivity index is 1.41. The van der Waals surface area contributed by atoms with Crippen LogP contribution in [0.5, 0.6) is 5.75 Å². The lowest BCUT2D eigenvalue weighted by molar-refractivity contribution is -0.128. The molecular formula is C24H20ClFN4O3. The summed E-state index contributed by atoms with van der Waals surface area (Å²) in [5.74, 6) is -0.168. The predicted molar refractivity (Wildman–Crippen MR) is 122 cm³/mol. The fourth-order valence-electron chi connectivity index (χ4n) is 3.29. The number of hydrogen-bond donors (Lipinski definition) is 2. The van der Waals surface area contributed by atoms with Crippen LogP contribution >= 0.6 is 11.6 Å². The number of fused-ring (bicyclic) bond motifs is 1. The zero-order valence-electron chi connectivity index (χ0n) is 17.4. The Hall–Kier alpha value is -3.91. The quantitative estimate of drug-likeness (QED) is 0.406. The number of carbonyl (C=O) groups is 2. The van der Waals surface area contributed by atoms with Gasteiger partial charge in [0, 0.05) is 5.02 Å². The second-order valence-electron chi connectivity index (χ2n) is 7.25. The van der Waals surface area contributed by atoms with Gasteiger partial charge in [-0.2, -0.15) is 0 Å². The molecule has 9 heteroatoms. The van der Waals surface area contributed by atoms with E-state index in [2.05, 4.69) is 15.8 Å². The van der Waals surface area contributed by atoms with Gasteiger partial charge in [0.05, 0.1) is 17.5 Å². The SMILES string of the molecule is O=C(Cc1cccc(F)c1)NNC(=O)Cn1c(COc2ccc(Cl)cc2)nc2ccccc21. The number of ether oxygens (including phenoxy) is 1. The number of hydrazine groups is 1. The molecule has 0 aliphatic heterocycles. The summed E-state index contributed by atoms with van der Waals surface area (Å²) in [7, 11) is 0. The Morgan fingerprint density at radius 3 is 2.52 bits per heavy atom. The van der Waals surface area contributed by atoms with Crippen LogP contribution in [0.15, 0.2) is 72.8 Å². The second kappa shape index (κ2) is 10.1. The molecule has 3 aromatic carbocycles. The van der Waals surface area contributed by atoms with Crippen LogP contribution in [0.1, 0.15) is 11.4 Å². The second-order valence-corrected chi connectivity index (χ2v) is 7.68. The van der Waals surface area contributed by atoms with Gasteiger partial charge >= 0.3 is 0 Å². The van der Waals surface area contributed by atoms with E-state index in [0.717, 1.165) is 11.0 Å². The Morgan fingerprint density at radius 2 is 1.73 bits per heavy atom. The van der Waals surface area contributed by atoms with Crippen molar-refractivity contribution in [1.29, 1.82) is 0 Å². The molecule has 0 fully saturated rings. The molecule has 1 heterocycles. The van der Waals surface area contributed by atoms with E-state index in [4.69, 9.17) is 16.3 Å². The lowest BCUT2D eigenvalue weighted by atomic mass is 10.1. The van der Waals surface area contributed by atoms with Crippen LogP contribution in [-0.2, 0) is 29.2 Å². The highest BCUT2D eigenvalue weighted by atomic mass is 35.5. The van der Waals surface area contributed by atoms with Crippen molar-refractivity contribution in [1.82, 2.24) is 20.4 Å². The fourth-order valence-corrected chi connectivity index (χ4v) is 3.42. The van der Waals surface area contributed by atoms with E-state index in [1.165, 1.54) is 18.2 Å². The first kappa shape index (κ1) is 22.3. The van der Waals surface area contributed by atoms with E-state index in [-0.39, 0.29) is 19.6 Å². The Kier molecular flexibility index (Phi) is 6.85. The molecule has 2 N–H and O–H groups in total. The van der Waals surface area contributed by atoms with E-state index >= 15 is 0 Å². The number of rotatable bonds is 7. The summed E-state index contributed by atoms with van der Waals surface area (Å²) in [6.45, 7) is 0.0512. The molecule has 0 unspecified atom stereocenters. The minimum Gasteiger partial charge on any atom is -0.486 e. The molecule has 0 aliphatic rings.